The van der Waals surface area contributed by atoms with Crippen LogP contribution in [0.3, 0.4) is 0 Å². The Hall–Kier alpha value is 0.390. The van der Waals surface area contributed by atoms with Crippen molar-refractivity contribution in [2.24, 2.45) is 5.73 Å². The molecule has 0 aromatic carbocycles. The summed E-state index contributed by atoms with van der Waals surface area (Å²) in [5, 5.41) is 0.875. The molecule has 0 unspecified atom stereocenters. The van der Waals surface area contributed by atoms with Crippen LogP contribution in [0.5, 0.6) is 0 Å². The Bertz CT molecular complexity index is 116. The van der Waals surface area contributed by atoms with E-state index >= 15 is 0 Å². The number of rotatable bonds is 2. The first kappa shape index (κ1) is 12.4. The fourth-order valence-electron chi connectivity index (χ4n) is 1.81. The monoisotopic (exact) mass is 189 g/mol. The Morgan fingerprint density at radius 1 is 0.917 bits per heavy atom. The second-order valence-corrected chi connectivity index (χ2v) is 9.27. The zero-order valence-corrected chi connectivity index (χ0v) is 10.3. The topological polar surface area (TPSA) is 26.0 Å². The fourth-order valence-corrected chi connectivity index (χ4v) is 5.42. The Morgan fingerprint density at radius 2 is 1.25 bits per heavy atom. The van der Waals surface area contributed by atoms with Crippen LogP contribution in [0.4, 0.5) is 0 Å². The fraction of sp³-hybridized carbons (Fsp3) is 1.00. The van der Waals surface area contributed by atoms with Crippen molar-refractivity contribution in [1.29, 1.82) is 0 Å². The zero-order chi connectivity index (χ0) is 9.99. The zero-order valence-electron chi connectivity index (χ0n) is 9.44. The maximum absolute atomic E-state index is 5.64. The quantitative estimate of drug-likeness (QED) is 0.664. The van der Waals surface area contributed by atoms with E-state index in [1.54, 1.807) is 0 Å². The van der Waals surface area contributed by atoms with Gasteiger partial charge in [-0.3, -0.25) is 0 Å². The van der Waals surface area contributed by atoms with E-state index in [1.165, 1.54) is 6.16 Å². The maximum Gasteiger partial charge on any atom is -0.00375 e. The molecule has 0 aliphatic rings. The van der Waals surface area contributed by atoms with Gasteiger partial charge in [0.15, 0.2) is 0 Å². The average molecular weight is 189 g/mol. The second kappa shape index (κ2) is 4.07. The van der Waals surface area contributed by atoms with Crippen LogP contribution in [0.1, 0.15) is 41.5 Å². The van der Waals surface area contributed by atoms with E-state index in [9.17, 15) is 0 Å². The van der Waals surface area contributed by atoms with Gasteiger partial charge < -0.3 is 5.73 Å². The minimum Gasteiger partial charge on any atom is -0.330 e. The molecule has 2 N–H and O–H groups in total. The van der Waals surface area contributed by atoms with Gasteiger partial charge in [0, 0.05) is 0 Å². The summed E-state index contributed by atoms with van der Waals surface area (Å²) in [6.45, 7) is 14.8. The van der Waals surface area contributed by atoms with Gasteiger partial charge in [-0.1, -0.05) is 49.5 Å². The Kier molecular flexibility index (Phi) is 4.20. The number of hydrogen-bond acceptors (Lipinski definition) is 1. The largest absolute Gasteiger partial charge is 0.330 e. The molecule has 0 aliphatic heterocycles. The summed E-state index contributed by atoms with van der Waals surface area (Å²) in [6.07, 6.45) is 1.20. The highest BCUT2D eigenvalue weighted by Gasteiger charge is 2.32. The Balaban J connectivity index is 4.45. The van der Waals surface area contributed by atoms with E-state index in [4.69, 9.17) is 5.73 Å². The highest BCUT2D eigenvalue weighted by Crippen LogP contribution is 2.58. The van der Waals surface area contributed by atoms with Gasteiger partial charge in [0.1, 0.15) is 0 Å². The normalized spacial score (nSPS) is 14.0. The molecule has 2 heteroatoms. The third-order valence-corrected chi connectivity index (χ3v) is 5.92. The van der Waals surface area contributed by atoms with E-state index < -0.39 is 0 Å². The van der Waals surface area contributed by atoms with Gasteiger partial charge in [-0.05, 0) is 23.0 Å². The lowest BCUT2D eigenvalue weighted by Gasteiger charge is -2.41. The number of hydrogen-bond donors (Lipinski definition) is 1. The molecule has 0 aromatic rings. The lowest BCUT2D eigenvalue weighted by Crippen LogP contribution is -2.28. The predicted molar refractivity (Wildman–Crippen MR) is 60.3 cm³/mol. The van der Waals surface area contributed by atoms with Crippen molar-refractivity contribution < 1.29 is 0 Å². The molecule has 0 rings (SSSR count). The highest BCUT2D eigenvalue weighted by molar-refractivity contribution is 7.60. The summed E-state index contributed by atoms with van der Waals surface area (Å²) in [5.41, 5.74) is 5.64. The van der Waals surface area contributed by atoms with Gasteiger partial charge in [-0.2, -0.15) is 0 Å². The molecule has 1 nitrogen and oxygen atoms in total. The molecule has 0 bridgehead atoms. The summed E-state index contributed by atoms with van der Waals surface area (Å²) in [7, 11) is 0.0322. The lowest BCUT2D eigenvalue weighted by atomic mass is 10.2. The van der Waals surface area contributed by atoms with Crippen LogP contribution in [0.15, 0.2) is 0 Å². The minimum absolute atomic E-state index is 0.0322. The summed E-state index contributed by atoms with van der Waals surface area (Å²) in [4.78, 5) is 0. The maximum atomic E-state index is 5.64. The van der Waals surface area contributed by atoms with Crippen LogP contribution in [0.2, 0.25) is 0 Å². The van der Waals surface area contributed by atoms with Gasteiger partial charge in [0.05, 0.1) is 0 Å². The van der Waals surface area contributed by atoms with E-state index in [-0.39, 0.29) is 7.92 Å². The first-order chi connectivity index (χ1) is 5.19. The van der Waals surface area contributed by atoms with Gasteiger partial charge in [0.2, 0.25) is 0 Å². The van der Waals surface area contributed by atoms with E-state index in [2.05, 4.69) is 41.5 Å². The SMILES string of the molecule is CC(C)(C)P(CCN)C(C)(C)C. The molecule has 0 spiro atoms. The second-order valence-electron chi connectivity index (χ2n) is 5.28. The van der Waals surface area contributed by atoms with Crippen LogP contribution in [-0.2, 0) is 0 Å². The summed E-state index contributed by atoms with van der Waals surface area (Å²) >= 11 is 0. The van der Waals surface area contributed by atoms with Gasteiger partial charge in [-0.15, -0.1) is 0 Å². The third kappa shape index (κ3) is 3.87. The van der Waals surface area contributed by atoms with Crippen LogP contribution < -0.4 is 5.73 Å². The van der Waals surface area contributed by atoms with Crippen molar-refractivity contribution in [3.05, 3.63) is 0 Å². The predicted octanol–water partition coefficient (Wildman–Crippen LogP) is 3.02. The van der Waals surface area contributed by atoms with Crippen molar-refractivity contribution in [1.82, 2.24) is 0 Å². The van der Waals surface area contributed by atoms with Gasteiger partial charge in [-0.25, -0.2) is 0 Å². The average Bonchev–Trinajstić information content (AvgIpc) is 1.77. The van der Waals surface area contributed by atoms with E-state index in [0.717, 1.165) is 6.54 Å². The van der Waals surface area contributed by atoms with E-state index in [0.29, 0.717) is 10.3 Å². The minimum atomic E-state index is 0.0322. The van der Waals surface area contributed by atoms with Gasteiger partial charge in [0.25, 0.3) is 0 Å². The summed E-state index contributed by atoms with van der Waals surface area (Å²) < 4.78 is 0. The molecule has 74 valence electrons. The molecule has 0 atom stereocenters. The van der Waals surface area contributed by atoms with Crippen LogP contribution in [0, 0.1) is 0 Å². The van der Waals surface area contributed by atoms with Crippen LogP contribution in [0.25, 0.3) is 0 Å². The molecule has 0 radical (unpaired) electrons. The van der Waals surface area contributed by atoms with Gasteiger partial charge >= 0.3 is 0 Å². The number of nitrogens with two attached hydrogens (primary N) is 1. The standard InChI is InChI=1S/C10H24NP/c1-9(2,3)12(8-7-11)10(4,5)6/h7-8,11H2,1-6H3. The molecule has 0 amide bonds. The molecular formula is C10H24NP. The van der Waals surface area contributed by atoms with Crippen molar-refractivity contribution in [3.8, 4) is 0 Å². The first-order valence-corrected chi connectivity index (χ1v) is 6.20. The molecule has 0 heterocycles. The Labute approximate surface area is 78.9 Å². The highest BCUT2D eigenvalue weighted by atomic mass is 31.1. The van der Waals surface area contributed by atoms with Crippen molar-refractivity contribution in [3.63, 3.8) is 0 Å². The van der Waals surface area contributed by atoms with Crippen molar-refractivity contribution in [2.75, 3.05) is 12.7 Å². The molecule has 0 saturated heterocycles. The molecule has 0 aliphatic carbocycles. The third-order valence-electron chi connectivity index (χ3n) is 1.97. The smallest absolute Gasteiger partial charge is 0.00375 e. The first-order valence-electron chi connectivity index (χ1n) is 4.67. The molecule has 0 saturated carbocycles. The molecule has 0 aromatic heterocycles. The van der Waals surface area contributed by atoms with Crippen molar-refractivity contribution >= 4 is 7.92 Å². The van der Waals surface area contributed by atoms with Crippen molar-refractivity contribution in [2.45, 2.75) is 51.9 Å². The molecular weight excluding hydrogens is 165 g/mol. The molecule has 12 heavy (non-hydrogen) atoms. The Morgan fingerprint density at radius 3 is 1.33 bits per heavy atom. The van der Waals surface area contributed by atoms with Crippen LogP contribution in [-0.4, -0.2) is 23.0 Å². The molecule has 0 fully saturated rings. The van der Waals surface area contributed by atoms with E-state index in [1.807, 2.05) is 0 Å². The summed E-state index contributed by atoms with van der Waals surface area (Å²) in [6, 6.07) is 0. The summed E-state index contributed by atoms with van der Waals surface area (Å²) in [5.74, 6) is 0. The lowest BCUT2D eigenvalue weighted by molar-refractivity contribution is 0.703. The van der Waals surface area contributed by atoms with Crippen LogP contribution >= 0.6 is 7.92 Å².